The van der Waals surface area contributed by atoms with Crippen molar-refractivity contribution < 1.29 is 17.9 Å². The SMILES string of the molecule is COC[C@@H]1CCS(=O)(=O)C12CN(Cc1ccccc1OC)C2. The van der Waals surface area contributed by atoms with Gasteiger partial charge in [-0.15, -0.1) is 0 Å². The molecular weight excluding hydrogens is 302 g/mol. The number of hydrogen-bond donors (Lipinski definition) is 0. The zero-order valence-electron chi connectivity index (χ0n) is 13.1. The summed E-state index contributed by atoms with van der Waals surface area (Å²) in [5.74, 6) is 1.27. The fourth-order valence-corrected chi connectivity index (χ4v) is 6.26. The van der Waals surface area contributed by atoms with Gasteiger partial charge in [0.25, 0.3) is 0 Å². The number of nitrogens with zero attached hydrogens (tertiary/aromatic N) is 1. The van der Waals surface area contributed by atoms with Crippen LogP contribution in [0.5, 0.6) is 5.75 Å². The molecule has 6 heteroatoms. The first-order valence-electron chi connectivity index (χ1n) is 7.58. The number of sulfone groups is 1. The van der Waals surface area contributed by atoms with E-state index >= 15 is 0 Å². The Kier molecular flexibility index (Phi) is 4.18. The van der Waals surface area contributed by atoms with Crippen molar-refractivity contribution in [2.45, 2.75) is 17.7 Å². The van der Waals surface area contributed by atoms with Crippen LogP contribution in [0.2, 0.25) is 0 Å². The Labute approximate surface area is 132 Å². The maximum Gasteiger partial charge on any atom is 0.158 e. The molecule has 5 nitrogen and oxygen atoms in total. The highest BCUT2D eigenvalue weighted by Crippen LogP contribution is 2.45. The van der Waals surface area contributed by atoms with E-state index in [0.717, 1.165) is 24.3 Å². The van der Waals surface area contributed by atoms with Gasteiger partial charge in [-0.3, -0.25) is 4.90 Å². The Morgan fingerprint density at radius 3 is 2.68 bits per heavy atom. The van der Waals surface area contributed by atoms with E-state index in [4.69, 9.17) is 9.47 Å². The van der Waals surface area contributed by atoms with Crippen LogP contribution >= 0.6 is 0 Å². The Hall–Kier alpha value is -1.11. The molecule has 0 aromatic heterocycles. The average molecular weight is 325 g/mol. The molecule has 1 aromatic carbocycles. The standard InChI is InChI=1S/C16H23NO4S/c1-20-10-14-7-8-22(18,19)16(14)11-17(12-16)9-13-5-3-4-6-15(13)21-2/h3-6,14H,7-12H2,1-2H3/t14-/m0/s1. The third kappa shape index (κ3) is 2.43. The van der Waals surface area contributed by atoms with Gasteiger partial charge in [0.1, 0.15) is 10.5 Å². The van der Waals surface area contributed by atoms with Crippen LogP contribution in [0.15, 0.2) is 24.3 Å². The summed E-state index contributed by atoms with van der Waals surface area (Å²) in [6.45, 7) is 2.45. The third-order valence-corrected chi connectivity index (χ3v) is 7.64. The zero-order valence-corrected chi connectivity index (χ0v) is 13.9. The molecule has 0 saturated carbocycles. The second-order valence-corrected chi connectivity index (χ2v) is 8.73. The Bertz CT molecular complexity index is 637. The topological polar surface area (TPSA) is 55.8 Å². The molecule has 122 valence electrons. The molecule has 0 unspecified atom stereocenters. The highest BCUT2D eigenvalue weighted by atomic mass is 32.2. The largest absolute Gasteiger partial charge is 0.496 e. The Morgan fingerprint density at radius 1 is 1.27 bits per heavy atom. The summed E-state index contributed by atoms with van der Waals surface area (Å²) in [5.41, 5.74) is 1.10. The van der Waals surface area contributed by atoms with Crippen LogP contribution in [0, 0.1) is 5.92 Å². The maximum atomic E-state index is 12.5. The van der Waals surface area contributed by atoms with Gasteiger partial charge in [0.05, 0.1) is 19.5 Å². The minimum Gasteiger partial charge on any atom is -0.496 e. The van der Waals surface area contributed by atoms with Crippen molar-refractivity contribution >= 4 is 9.84 Å². The van der Waals surface area contributed by atoms with Gasteiger partial charge >= 0.3 is 0 Å². The molecule has 0 radical (unpaired) electrons. The first-order chi connectivity index (χ1) is 10.5. The molecule has 0 aliphatic carbocycles. The predicted molar refractivity (Wildman–Crippen MR) is 84.8 cm³/mol. The molecule has 2 aliphatic rings. The van der Waals surface area contributed by atoms with Gasteiger partial charge in [-0.2, -0.15) is 0 Å². The quantitative estimate of drug-likeness (QED) is 0.817. The van der Waals surface area contributed by atoms with E-state index in [1.807, 2.05) is 24.3 Å². The molecule has 0 bridgehead atoms. The molecule has 2 fully saturated rings. The first-order valence-corrected chi connectivity index (χ1v) is 9.23. The summed E-state index contributed by atoms with van der Waals surface area (Å²) in [6.07, 6.45) is 0.721. The van der Waals surface area contributed by atoms with Gasteiger partial charge in [0.15, 0.2) is 9.84 Å². The lowest BCUT2D eigenvalue weighted by Gasteiger charge is -2.50. The van der Waals surface area contributed by atoms with Crippen molar-refractivity contribution in [1.82, 2.24) is 4.90 Å². The van der Waals surface area contributed by atoms with E-state index in [2.05, 4.69) is 4.90 Å². The Morgan fingerprint density at radius 2 is 2.00 bits per heavy atom. The highest BCUT2D eigenvalue weighted by molar-refractivity contribution is 7.93. The second-order valence-electron chi connectivity index (χ2n) is 6.28. The minimum absolute atomic E-state index is 0.122. The first kappa shape index (κ1) is 15.8. The number of para-hydroxylation sites is 1. The molecule has 2 aliphatic heterocycles. The van der Waals surface area contributed by atoms with Gasteiger partial charge in [0, 0.05) is 38.2 Å². The number of ether oxygens (including phenoxy) is 2. The zero-order chi connectivity index (χ0) is 15.8. The van der Waals surface area contributed by atoms with Crippen LogP contribution in [0.4, 0.5) is 0 Å². The van der Waals surface area contributed by atoms with Crippen LogP contribution in [0.1, 0.15) is 12.0 Å². The van der Waals surface area contributed by atoms with Crippen molar-refractivity contribution in [3.8, 4) is 5.75 Å². The van der Waals surface area contributed by atoms with Crippen molar-refractivity contribution in [2.75, 3.05) is 39.7 Å². The molecule has 1 aromatic rings. The molecule has 1 atom stereocenters. The average Bonchev–Trinajstić information content (AvgIpc) is 2.72. The fourth-order valence-electron chi connectivity index (χ4n) is 3.81. The van der Waals surface area contributed by atoms with Crippen LogP contribution in [0.25, 0.3) is 0 Å². The highest BCUT2D eigenvalue weighted by Gasteiger charge is 2.61. The van der Waals surface area contributed by atoms with E-state index in [-0.39, 0.29) is 5.92 Å². The van der Waals surface area contributed by atoms with Crippen molar-refractivity contribution in [3.05, 3.63) is 29.8 Å². The van der Waals surface area contributed by atoms with Crippen molar-refractivity contribution in [1.29, 1.82) is 0 Å². The van der Waals surface area contributed by atoms with E-state index < -0.39 is 14.6 Å². The number of benzene rings is 1. The van der Waals surface area contributed by atoms with E-state index in [1.54, 1.807) is 14.2 Å². The second kappa shape index (κ2) is 5.83. The predicted octanol–water partition coefficient (Wildman–Crippen LogP) is 1.33. The molecule has 0 N–H and O–H groups in total. The van der Waals surface area contributed by atoms with Gasteiger partial charge in [0.2, 0.25) is 0 Å². The Balaban J connectivity index is 1.72. The normalized spacial score (nSPS) is 26.0. The number of hydrogen-bond acceptors (Lipinski definition) is 5. The van der Waals surface area contributed by atoms with Crippen LogP contribution in [0.3, 0.4) is 0 Å². The van der Waals surface area contributed by atoms with Gasteiger partial charge in [-0.05, 0) is 12.5 Å². The van der Waals surface area contributed by atoms with Crippen LogP contribution in [-0.2, 0) is 21.1 Å². The van der Waals surface area contributed by atoms with Crippen LogP contribution < -0.4 is 4.74 Å². The summed E-state index contributed by atoms with van der Waals surface area (Å²) in [7, 11) is 0.287. The number of methoxy groups -OCH3 is 2. The molecule has 0 amide bonds. The summed E-state index contributed by atoms with van der Waals surface area (Å²) in [5, 5.41) is 0. The number of rotatable bonds is 5. The van der Waals surface area contributed by atoms with Crippen molar-refractivity contribution in [3.63, 3.8) is 0 Å². The lowest BCUT2D eigenvalue weighted by atomic mass is 9.83. The summed E-state index contributed by atoms with van der Waals surface area (Å²) < 4.78 is 34.9. The minimum atomic E-state index is -3.02. The smallest absolute Gasteiger partial charge is 0.158 e. The number of likely N-dealkylation sites (tertiary alicyclic amines) is 1. The van der Waals surface area contributed by atoms with E-state index in [9.17, 15) is 8.42 Å². The molecule has 3 rings (SSSR count). The van der Waals surface area contributed by atoms with Crippen molar-refractivity contribution in [2.24, 2.45) is 5.92 Å². The van der Waals surface area contributed by atoms with E-state index in [1.165, 1.54) is 0 Å². The molecule has 2 heterocycles. The molecule has 22 heavy (non-hydrogen) atoms. The summed E-state index contributed by atoms with van der Waals surface area (Å²) in [4.78, 5) is 2.18. The maximum absolute atomic E-state index is 12.5. The lowest BCUT2D eigenvalue weighted by molar-refractivity contribution is 0.0407. The van der Waals surface area contributed by atoms with Gasteiger partial charge < -0.3 is 9.47 Å². The van der Waals surface area contributed by atoms with Gasteiger partial charge in [-0.25, -0.2) is 8.42 Å². The van der Waals surface area contributed by atoms with Crippen LogP contribution in [-0.4, -0.2) is 57.7 Å². The third-order valence-electron chi connectivity index (χ3n) is 5.04. The van der Waals surface area contributed by atoms with E-state index in [0.29, 0.717) is 25.4 Å². The van der Waals surface area contributed by atoms with Gasteiger partial charge in [-0.1, -0.05) is 18.2 Å². The molecule has 1 spiro atoms. The fraction of sp³-hybridized carbons (Fsp3) is 0.625. The monoisotopic (exact) mass is 325 g/mol. The summed E-state index contributed by atoms with van der Waals surface area (Å²) >= 11 is 0. The molecule has 2 saturated heterocycles. The lowest BCUT2D eigenvalue weighted by Crippen LogP contribution is -2.67. The molecular formula is C16H23NO4S. The summed E-state index contributed by atoms with van der Waals surface area (Å²) in [6, 6.07) is 7.88.